The lowest BCUT2D eigenvalue weighted by molar-refractivity contribution is -0.0464. The van der Waals surface area contributed by atoms with Crippen LogP contribution in [0.3, 0.4) is 0 Å². The third-order valence-electron chi connectivity index (χ3n) is 6.39. The Kier molecular flexibility index (Phi) is 4.51. The number of amides is 1. The van der Waals surface area contributed by atoms with E-state index in [0.717, 1.165) is 55.7 Å². The molecule has 6 heteroatoms. The van der Waals surface area contributed by atoms with Crippen molar-refractivity contribution in [3.63, 3.8) is 0 Å². The van der Waals surface area contributed by atoms with E-state index in [4.69, 9.17) is 4.74 Å². The monoisotopic (exact) mass is 381 g/mol. The number of carbonyl (C=O) groups excluding carboxylic acids is 1. The van der Waals surface area contributed by atoms with Crippen molar-refractivity contribution in [3.8, 4) is 0 Å². The van der Waals surface area contributed by atoms with Gasteiger partial charge in [0.05, 0.1) is 5.69 Å². The summed E-state index contributed by atoms with van der Waals surface area (Å²) in [4.78, 5) is 21.9. The SMILES string of the molecule is O=C(O[C@@H]1CN2CCC1CC2)N1CCc2cccnc2[C@@H]1c1ccc(F)cc1. The lowest BCUT2D eigenvalue weighted by atomic mass is 9.86. The van der Waals surface area contributed by atoms with Crippen molar-refractivity contribution in [2.75, 3.05) is 26.2 Å². The summed E-state index contributed by atoms with van der Waals surface area (Å²) in [5.74, 6) is 0.177. The van der Waals surface area contributed by atoms with E-state index < -0.39 is 0 Å². The third-order valence-corrected chi connectivity index (χ3v) is 6.39. The zero-order chi connectivity index (χ0) is 19.1. The van der Waals surface area contributed by atoms with Gasteiger partial charge in [-0.15, -0.1) is 0 Å². The quantitative estimate of drug-likeness (QED) is 0.800. The van der Waals surface area contributed by atoms with Crippen LogP contribution in [0.2, 0.25) is 0 Å². The van der Waals surface area contributed by atoms with Crippen LogP contribution in [0.4, 0.5) is 9.18 Å². The average Bonchev–Trinajstić information content (AvgIpc) is 2.74. The standard InChI is InChI=1S/C22H24FN3O2/c23-18-5-3-17(4-6-18)21-20-16(2-1-10-24-20)9-13-26(21)22(27)28-19-14-25-11-7-15(19)8-12-25/h1-6,10,15,19,21H,7-9,11-14H2/t19-,21+/m1/s1. The van der Waals surface area contributed by atoms with Crippen LogP contribution in [0.5, 0.6) is 0 Å². The highest BCUT2D eigenvalue weighted by molar-refractivity contribution is 5.70. The first-order valence-corrected chi connectivity index (χ1v) is 10.1. The Morgan fingerprint density at radius 1 is 1.11 bits per heavy atom. The number of rotatable bonds is 2. The molecule has 0 radical (unpaired) electrons. The third kappa shape index (κ3) is 3.15. The topological polar surface area (TPSA) is 45.7 Å². The van der Waals surface area contributed by atoms with E-state index in [1.807, 2.05) is 6.07 Å². The van der Waals surface area contributed by atoms with Crippen molar-refractivity contribution in [1.82, 2.24) is 14.8 Å². The molecule has 1 aromatic carbocycles. The van der Waals surface area contributed by atoms with Crippen LogP contribution in [0, 0.1) is 11.7 Å². The Hall–Kier alpha value is -2.47. The Morgan fingerprint density at radius 3 is 2.61 bits per heavy atom. The number of benzene rings is 1. The van der Waals surface area contributed by atoms with E-state index >= 15 is 0 Å². The number of halogens is 1. The molecule has 0 saturated carbocycles. The Bertz CT molecular complexity index is 864. The van der Waals surface area contributed by atoms with Gasteiger partial charge in [-0.2, -0.15) is 0 Å². The van der Waals surface area contributed by atoms with Gasteiger partial charge < -0.3 is 4.74 Å². The summed E-state index contributed by atoms with van der Waals surface area (Å²) in [6.45, 7) is 3.62. The number of hydrogen-bond donors (Lipinski definition) is 0. The van der Waals surface area contributed by atoms with E-state index in [9.17, 15) is 9.18 Å². The van der Waals surface area contributed by atoms with Crippen molar-refractivity contribution in [2.24, 2.45) is 5.92 Å². The fourth-order valence-electron chi connectivity index (χ4n) is 4.85. The van der Waals surface area contributed by atoms with Crippen molar-refractivity contribution in [3.05, 3.63) is 65.2 Å². The Labute approximate surface area is 164 Å². The minimum Gasteiger partial charge on any atom is -0.444 e. The van der Waals surface area contributed by atoms with Crippen molar-refractivity contribution >= 4 is 6.09 Å². The van der Waals surface area contributed by atoms with Crippen LogP contribution in [0.25, 0.3) is 0 Å². The van der Waals surface area contributed by atoms with Gasteiger partial charge in [-0.3, -0.25) is 14.8 Å². The number of aromatic nitrogens is 1. The Balaban J connectivity index is 1.43. The molecule has 4 aliphatic rings. The summed E-state index contributed by atoms with van der Waals surface area (Å²) in [6, 6.07) is 9.96. The molecule has 5 heterocycles. The van der Waals surface area contributed by atoms with Crippen LogP contribution in [0.15, 0.2) is 42.6 Å². The molecule has 2 bridgehead atoms. The molecule has 0 spiro atoms. The van der Waals surface area contributed by atoms with Crippen LogP contribution in [0.1, 0.15) is 35.7 Å². The summed E-state index contributed by atoms with van der Waals surface area (Å²) in [5, 5.41) is 0. The highest BCUT2D eigenvalue weighted by Crippen LogP contribution is 2.36. The predicted octanol–water partition coefficient (Wildman–Crippen LogP) is 3.40. The first-order valence-electron chi connectivity index (χ1n) is 10.1. The van der Waals surface area contributed by atoms with Gasteiger partial charge in [-0.25, -0.2) is 9.18 Å². The molecule has 2 aromatic rings. The molecular weight excluding hydrogens is 357 g/mol. The summed E-state index contributed by atoms with van der Waals surface area (Å²) in [6.07, 6.45) is 4.37. The van der Waals surface area contributed by atoms with Crippen LogP contribution in [-0.2, 0) is 11.2 Å². The highest BCUT2D eigenvalue weighted by atomic mass is 19.1. The lowest BCUT2D eigenvalue weighted by Gasteiger charge is -2.45. The van der Waals surface area contributed by atoms with Gasteiger partial charge in [-0.1, -0.05) is 18.2 Å². The molecule has 1 amide bonds. The summed E-state index contributed by atoms with van der Waals surface area (Å²) in [7, 11) is 0. The van der Waals surface area contributed by atoms with Crippen LogP contribution < -0.4 is 0 Å². The van der Waals surface area contributed by atoms with Crippen molar-refractivity contribution in [1.29, 1.82) is 0 Å². The summed E-state index contributed by atoms with van der Waals surface area (Å²) < 4.78 is 19.5. The van der Waals surface area contributed by atoms with Gasteiger partial charge in [0.15, 0.2) is 0 Å². The van der Waals surface area contributed by atoms with E-state index in [2.05, 4.69) is 16.0 Å². The van der Waals surface area contributed by atoms with E-state index in [1.165, 1.54) is 12.1 Å². The molecule has 3 saturated heterocycles. The highest BCUT2D eigenvalue weighted by Gasteiger charge is 2.40. The maximum absolute atomic E-state index is 13.5. The molecule has 1 aromatic heterocycles. The number of pyridine rings is 1. The van der Waals surface area contributed by atoms with Gasteiger partial charge in [0.1, 0.15) is 18.0 Å². The second kappa shape index (κ2) is 7.17. The predicted molar refractivity (Wildman–Crippen MR) is 102 cm³/mol. The zero-order valence-corrected chi connectivity index (χ0v) is 15.8. The maximum Gasteiger partial charge on any atom is 0.410 e. The van der Waals surface area contributed by atoms with E-state index in [0.29, 0.717) is 12.5 Å². The molecule has 0 aliphatic carbocycles. The van der Waals surface area contributed by atoms with E-state index in [1.54, 1.807) is 23.2 Å². The molecule has 3 fully saturated rings. The molecule has 2 atom stereocenters. The number of hydrogen-bond acceptors (Lipinski definition) is 4. The van der Waals surface area contributed by atoms with Gasteiger partial charge in [-0.05, 0) is 67.6 Å². The second-order valence-electron chi connectivity index (χ2n) is 8.01. The maximum atomic E-state index is 13.5. The minimum atomic E-state index is -0.348. The van der Waals surface area contributed by atoms with Crippen LogP contribution >= 0.6 is 0 Å². The molecule has 0 unspecified atom stereocenters. The Morgan fingerprint density at radius 2 is 1.89 bits per heavy atom. The first-order chi connectivity index (χ1) is 13.7. The summed E-state index contributed by atoms with van der Waals surface area (Å²) >= 11 is 0. The molecule has 4 aliphatic heterocycles. The normalized spacial score (nSPS) is 28.7. The lowest BCUT2D eigenvalue weighted by Crippen LogP contribution is -2.53. The molecular formula is C22H24FN3O2. The molecule has 146 valence electrons. The smallest absolute Gasteiger partial charge is 0.410 e. The van der Waals surface area contributed by atoms with E-state index in [-0.39, 0.29) is 24.1 Å². The molecule has 28 heavy (non-hydrogen) atoms. The number of piperidine rings is 3. The molecule has 5 nitrogen and oxygen atoms in total. The average molecular weight is 381 g/mol. The fraction of sp³-hybridized carbons (Fsp3) is 0.455. The van der Waals surface area contributed by atoms with Crippen LogP contribution in [-0.4, -0.2) is 53.2 Å². The molecule has 6 rings (SSSR count). The minimum absolute atomic E-state index is 0.0333. The second-order valence-corrected chi connectivity index (χ2v) is 8.01. The number of nitrogens with zero attached hydrogens (tertiary/aromatic N) is 3. The van der Waals surface area contributed by atoms with Gasteiger partial charge in [0.25, 0.3) is 0 Å². The van der Waals surface area contributed by atoms with Gasteiger partial charge in [0, 0.05) is 19.3 Å². The molecule has 0 N–H and O–H groups in total. The zero-order valence-electron chi connectivity index (χ0n) is 15.8. The summed E-state index contributed by atoms with van der Waals surface area (Å²) in [5.41, 5.74) is 2.84. The van der Waals surface area contributed by atoms with Gasteiger partial charge in [0.2, 0.25) is 0 Å². The number of carbonyl (C=O) groups is 1. The van der Waals surface area contributed by atoms with Crippen molar-refractivity contribution in [2.45, 2.75) is 31.4 Å². The fourth-order valence-corrected chi connectivity index (χ4v) is 4.85. The largest absolute Gasteiger partial charge is 0.444 e. The first kappa shape index (κ1) is 17.6. The van der Waals surface area contributed by atoms with Crippen molar-refractivity contribution < 1.29 is 13.9 Å². The number of ether oxygens (including phenoxy) is 1. The van der Waals surface area contributed by atoms with Gasteiger partial charge >= 0.3 is 6.09 Å². The number of fused-ring (bicyclic) bond motifs is 4.